The van der Waals surface area contributed by atoms with E-state index in [0.29, 0.717) is 0 Å². The van der Waals surface area contributed by atoms with E-state index in [1.165, 1.54) is 32.4 Å². The molecule has 1 saturated heterocycles. The zero-order valence-electron chi connectivity index (χ0n) is 9.34. The highest BCUT2D eigenvalue weighted by atomic mass is 15.1. The third-order valence-corrected chi connectivity index (χ3v) is 3.18. The van der Waals surface area contributed by atoms with Crippen molar-refractivity contribution < 1.29 is 0 Å². The molecule has 1 unspecified atom stereocenters. The molecule has 3 heteroatoms. The van der Waals surface area contributed by atoms with Crippen LogP contribution in [0.25, 0.3) is 0 Å². The Morgan fingerprint density at radius 3 is 2.50 bits per heavy atom. The van der Waals surface area contributed by atoms with Crippen LogP contribution in [0.3, 0.4) is 0 Å². The highest BCUT2D eigenvalue weighted by Crippen LogP contribution is 2.13. The summed E-state index contributed by atoms with van der Waals surface area (Å²) < 4.78 is 0. The summed E-state index contributed by atoms with van der Waals surface area (Å²) in [6.45, 7) is 5.44. The molecule has 1 atom stereocenters. The molecule has 0 radical (unpaired) electrons. The van der Waals surface area contributed by atoms with Crippen molar-refractivity contribution in [1.29, 1.82) is 5.26 Å². The Morgan fingerprint density at radius 2 is 2.00 bits per heavy atom. The Morgan fingerprint density at radius 1 is 1.36 bits per heavy atom. The molecule has 80 valence electrons. The molecular formula is C11H21N3. The second kappa shape index (κ2) is 5.33. The average Bonchev–Trinajstić information content (AvgIpc) is 2.27. The summed E-state index contributed by atoms with van der Waals surface area (Å²) in [7, 11) is 1.86. The summed E-state index contributed by atoms with van der Waals surface area (Å²) >= 11 is 0. The molecule has 1 heterocycles. The molecule has 1 fully saturated rings. The van der Waals surface area contributed by atoms with Crippen LogP contribution in [0.1, 0.15) is 32.6 Å². The van der Waals surface area contributed by atoms with Gasteiger partial charge in [0.2, 0.25) is 0 Å². The molecule has 3 nitrogen and oxygen atoms in total. The van der Waals surface area contributed by atoms with Gasteiger partial charge in [-0.25, -0.2) is 0 Å². The van der Waals surface area contributed by atoms with Gasteiger partial charge in [-0.3, -0.25) is 0 Å². The molecule has 1 aliphatic rings. The van der Waals surface area contributed by atoms with Gasteiger partial charge in [-0.15, -0.1) is 0 Å². The fourth-order valence-corrected chi connectivity index (χ4v) is 1.80. The fraction of sp³-hybridized carbons (Fsp3) is 0.909. The maximum absolute atomic E-state index is 8.98. The lowest BCUT2D eigenvalue weighted by Crippen LogP contribution is -2.42. The van der Waals surface area contributed by atoms with Crippen LogP contribution < -0.4 is 5.32 Å². The van der Waals surface area contributed by atoms with Crippen LogP contribution >= 0.6 is 0 Å². The number of piperidine rings is 1. The average molecular weight is 195 g/mol. The van der Waals surface area contributed by atoms with Gasteiger partial charge < -0.3 is 10.2 Å². The molecule has 0 aliphatic carbocycles. The van der Waals surface area contributed by atoms with Crippen molar-refractivity contribution in [1.82, 2.24) is 10.2 Å². The minimum atomic E-state index is -0.350. The summed E-state index contributed by atoms with van der Waals surface area (Å²) in [6, 6.07) is 2.33. The standard InChI is InChI=1S/C11H21N3/c1-11(10-12,13-2)6-9-14-7-4-3-5-8-14/h13H,3-9H2,1-2H3. The molecular weight excluding hydrogens is 174 g/mol. The number of nitrogens with one attached hydrogen (secondary N) is 1. The molecule has 0 aromatic heterocycles. The largest absolute Gasteiger partial charge is 0.303 e. The van der Waals surface area contributed by atoms with Crippen molar-refractivity contribution in [3.8, 4) is 6.07 Å². The fourth-order valence-electron chi connectivity index (χ4n) is 1.80. The van der Waals surface area contributed by atoms with Gasteiger partial charge in [0.15, 0.2) is 0 Å². The van der Waals surface area contributed by atoms with Crippen LogP contribution in [0.15, 0.2) is 0 Å². The third kappa shape index (κ3) is 3.28. The minimum absolute atomic E-state index is 0.350. The Labute approximate surface area is 87.1 Å². The first-order valence-corrected chi connectivity index (χ1v) is 5.53. The van der Waals surface area contributed by atoms with Crippen molar-refractivity contribution in [2.75, 3.05) is 26.7 Å². The number of nitrogens with zero attached hydrogens (tertiary/aromatic N) is 2. The molecule has 1 rings (SSSR count). The molecule has 0 amide bonds. The van der Waals surface area contributed by atoms with Gasteiger partial charge >= 0.3 is 0 Å². The maximum Gasteiger partial charge on any atom is 0.104 e. The lowest BCUT2D eigenvalue weighted by Gasteiger charge is -2.29. The lowest BCUT2D eigenvalue weighted by molar-refractivity contribution is 0.211. The molecule has 0 spiro atoms. The number of hydrogen-bond acceptors (Lipinski definition) is 3. The van der Waals surface area contributed by atoms with Crippen LogP contribution in [0, 0.1) is 11.3 Å². The molecule has 1 aliphatic heterocycles. The van der Waals surface area contributed by atoms with Crippen LogP contribution in [0.5, 0.6) is 0 Å². The van der Waals surface area contributed by atoms with Gasteiger partial charge in [0.25, 0.3) is 0 Å². The van der Waals surface area contributed by atoms with Crippen molar-refractivity contribution in [3.63, 3.8) is 0 Å². The topological polar surface area (TPSA) is 39.1 Å². The first kappa shape index (κ1) is 11.5. The zero-order chi connectivity index (χ0) is 10.4. The predicted molar refractivity (Wildman–Crippen MR) is 58.0 cm³/mol. The van der Waals surface area contributed by atoms with Gasteiger partial charge in [-0.2, -0.15) is 5.26 Å². The van der Waals surface area contributed by atoms with E-state index in [9.17, 15) is 0 Å². The van der Waals surface area contributed by atoms with Gasteiger partial charge in [0.1, 0.15) is 5.54 Å². The lowest BCUT2D eigenvalue weighted by atomic mass is 9.99. The quantitative estimate of drug-likeness (QED) is 0.736. The van der Waals surface area contributed by atoms with Crippen molar-refractivity contribution in [3.05, 3.63) is 0 Å². The summed E-state index contributed by atoms with van der Waals surface area (Å²) in [5, 5.41) is 12.1. The van der Waals surface area contributed by atoms with Crippen molar-refractivity contribution in [2.24, 2.45) is 0 Å². The summed E-state index contributed by atoms with van der Waals surface area (Å²) in [5.74, 6) is 0. The normalized spacial score (nSPS) is 22.6. The van der Waals surface area contributed by atoms with E-state index in [0.717, 1.165) is 13.0 Å². The second-order valence-corrected chi connectivity index (χ2v) is 4.35. The first-order chi connectivity index (χ1) is 6.70. The van der Waals surface area contributed by atoms with E-state index >= 15 is 0 Å². The number of hydrogen-bond donors (Lipinski definition) is 1. The molecule has 0 aromatic carbocycles. The molecule has 0 bridgehead atoms. The van der Waals surface area contributed by atoms with Crippen LogP contribution in [0.2, 0.25) is 0 Å². The van der Waals surface area contributed by atoms with Gasteiger partial charge in [-0.05, 0) is 46.3 Å². The van der Waals surface area contributed by atoms with Crippen molar-refractivity contribution >= 4 is 0 Å². The predicted octanol–water partition coefficient (Wildman–Crippen LogP) is 1.36. The first-order valence-electron chi connectivity index (χ1n) is 5.53. The second-order valence-electron chi connectivity index (χ2n) is 4.35. The van der Waals surface area contributed by atoms with Crippen LogP contribution in [-0.4, -0.2) is 37.1 Å². The molecule has 14 heavy (non-hydrogen) atoms. The Balaban J connectivity index is 2.28. The van der Waals surface area contributed by atoms with E-state index < -0.39 is 0 Å². The van der Waals surface area contributed by atoms with Crippen LogP contribution in [0.4, 0.5) is 0 Å². The smallest absolute Gasteiger partial charge is 0.104 e. The summed E-state index contributed by atoms with van der Waals surface area (Å²) in [5.41, 5.74) is -0.350. The van der Waals surface area contributed by atoms with Crippen LogP contribution in [-0.2, 0) is 0 Å². The molecule has 0 aromatic rings. The highest BCUT2D eigenvalue weighted by Gasteiger charge is 2.22. The van der Waals surface area contributed by atoms with E-state index in [4.69, 9.17) is 5.26 Å². The van der Waals surface area contributed by atoms with E-state index in [-0.39, 0.29) is 5.54 Å². The number of likely N-dealkylation sites (tertiary alicyclic amines) is 1. The zero-order valence-corrected chi connectivity index (χ0v) is 9.34. The number of nitriles is 1. The molecule has 0 saturated carbocycles. The van der Waals surface area contributed by atoms with E-state index in [1.54, 1.807) is 0 Å². The SMILES string of the molecule is CNC(C)(C#N)CCN1CCCCC1. The van der Waals surface area contributed by atoms with E-state index in [2.05, 4.69) is 16.3 Å². The Kier molecular flexibility index (Phi) is 4.37. The van der Waals surface area contributed by atoms with Gasteiger partial charge in [0, 0.05) is 6.54 Å². The summed E-state index contributed by atoms with van der Waals surface area (Å²) in [6.07, 6.45) is 4.93. The van der Waals surface area contributed by atoms with E-state index in [1.807, 2.05) is 14.0 Å². The Bertz CT molecular complexity index is 203. The monoisotopic (exact) mass is 195 g/mol. The molecule has 1 N–H and O–H groups in total. The van der Waals surface area contributed by atoms with Gasteiger partial charge in [0.05, 0.1) is 6.07 Å². The van der Waals surface area contributed by atoms with Gasteiger partial charge in [-0.1, -0.05) is 6.42 Å². The minimum Gasteiger partial charge on any atom is -0.303 e. The maximum atomic E-state index is 8.98. The number of rotatable bonds is 4. The third-order valence-electron chi connectivity index (χ3n) is 3.18. The highest BCUT2D eigenvalue weighted by molar-refractivity contribution is 5.03. The Hall–Kier alpha value is -0.590. The summed E-state index contributed by atoms with van der Waals surface area (Å²) in [4.78, 5) is 2.47. The van der Waals surface area contributed by atoms with Crippen molar-refractivity contribution in [2.45, 2.75) is 38.1 Å².